The van der Waals surface area contributed by atoms with Crippen molar-refractivity contribution < 1.29 is 4.52 Å². The molecule has 0 heterocycles. The number of unbranched alkanes of at least 4 members (excludes halogenated alkanes) is 1. The second-order valence-electron chi connectivity index (χ2n) is 1.26. The van der Waals surface area contributed by atoms with Crippen LogP contribution >= 0.6 is 7.58 Å². The number of hydrogen-bond donors (Lipinski definition) is 0. The quantitative estimate of drug-likeness (QED) is 0.432. The van der Waals surface area contributed by atoms with Crippen LogP contribution in [0.1, 0.15) is 19.8 Å². The third-order valence-corrected chi connectivity index (χ3v) is 1.25. The van der Waals surface area contributed by atoms with Gasteiger partial charge in [-0.25, -0.2) is 0 Å². The Morgan fingerprint density at radius 1 is 1.71 bits per heavy atom. The van der Waals surface area contributed by atoms with Crippen molar-refractivity contribution in [3.8, 4) is 0 Å². The summed E-state index contributed by atoms with van der Waals surface area (Å²) in [6, 6.07) is 0. The van der Waals surface area contributed by atoms with E-state index in [0.717, 1.165) is 13.0 Å². The van der Waals surface area contributed by atoms with E-state index >= 15 is 0 Å². The minimum absolute atomic E-state index is 0.638. The van der Waals surface area contributed by atoms with E-state index < -0.39 is 0 Å². The van der Waals surface area contributed by atoms with E-state index in [2.05, 4.69) is 18.7 Å². The molecule has 0 saturated heterocycles. The molecular formula is C4H9OPS. The van der Waals surface area contributed by atoms with Gasteiger partial charge in [-0.15, -0.1) is 0 Å². The van der Waals surface area contributed by atoms with Crippen molar-refractivity contribution in [1.82, 2.24) is 0 Å². The van der Waals surface area contributed by atoms with E-state index in [9.17, 15) is 0 Å². The molecule has 1 nitrogen and oxygen atoms in total. The lowest BCUT2D eigenvalue weighted by Gasteiger charge is -1.88. The molecule has 0 aliphatic heterocycles. The molecule has 0 aliphatic carbocycles. The molecule has 3 heteroatoms. The van der Waals surface area contributed by atoms with Crippen LogP contribution in [0.4, 0.5) is 0 Å². The van der Waals surface area contributed by atoms with E-state index in [4.69, 9.17) is 4.52 Å². The van der Waals surface area contributed by atoms with Gasteiger partial charge in [0.2, 0.25) is 0 Å². The van der Waals surface area contributed by atoms with E-state index in [0.29, 0.717) is 7.58 Å². The lowest BCUT2D eigenvalue weighted by Crippen LogP contribution is -1.79. The van der Waals surface area contributed by atoms with Crippen LogP contribution in [0.5, 0.6) is 0 Å². The molecule has 0 aromatic heterocycles. The summed E-state index contributed by atoms with van der Waals surface area (Å²) in [5, 5.41) is 0. The molecule has 0 fully saturated rings. The maximum Gasteiger partial charge on any atom is 0.136 e. The van der Waals surface area contributed by atoms with E-state index in [1.807, 2.05) is 0 Å². The maximum absolute atomic E-state index is 4.86. The maximum atomic E-state index is 4.86. The lowest BCUT2D eigenvalue weighted by molar-refractivity contribution is 0.359. The van der Waals surface area contributed by atoms with Crippen molar-refractivity contribution in [1.29, 1.82) is 0 Å². The summed E-state index contributed by atoms with van der Waals surface area (Å²) in [4.78, 5) is 0. The first-order chi connectivity index (χ1) is 3.41. The molecule has 0 amide bonds. The Labute approximate surface area is 51.0 Å². The Bertz CT molecular complexity index is 49.0. The van der Waals surface area contributed by atoms with Gasteiger partial charge in [0.25, 0.3) is 0 Å². The highest BCUT2D eigenvalue weighted by Crippen LogP contribution is 1.96. The van der Waals surface area contributed by atoms with E-state index in [1.54, 1.807) is 0 Å². The fourth-order valence-corrected chi connectivity index (χ4v) is 0.673. The second-order valence-corrected chi connectivity index (χ2v) is 2.12. The van der Waals surface area contributed by atoms with Gasteiger partial charge in [-0.1, -0.05) is 13.3 Å². The molecule has 0 spiro atoms. The normalized spacial score (nSPS) is 9.86. The predicted octanol–water partition coefficient (Wildman–Crippen LogP) is 2.13. The van der Waals surface area contributed by atoms with Gasteiger partial charge in [0, 0.05) is 0 Å². The Hall–Kier alpha value is 0.480. The SMILES string of the molecule is CCCCOP=S. The van der Waals surface area contributed by atoms with E-state index in [1.165, 1.54) is 6.42 Å². The lowest BCUT2D eigenvalue weighted by atomic mass is 10.4. The van der Waals surface area contributed by atoms with Gasteiger partial charge >= 0.3 is 0 Å². The first kappa shape index (κ1) is 7.48. The Balaban J connectivity index is 2.56. The summed E-state index contributed by atoms with van der Waals surface area (Å²) < 4.78 is 4.86. The van der Waals surface area contributed by atoms with Gasteiger partial charge < -0.3 is 4.52 Å². The molecule has 0 N–H and O–H groups in total. The fourth-order valence-electron chi connectivity index (χ4n) is 0.246. The molecule has 0 aromatic rings. The van der Waals surface area contributed by atoms with Gasteiger partial charge in [-0.05, 0) is 18.2 Å². The van der Waals surface area contributed by atoms with Crippen LogP contribution in [0.2, 0.25) is 0 Å². The van der Waals surface area contributed by atoms with Crippen molar-refractivity contribution >= 4 is 19.4 Å². The predicted molar refractivity (Wildman–Crippen MR) is 35.1 cm³/mol. The first-order valence-corrected chi connectivity index (χ1v) is 4.19. The highest BCUT2D eigenvalue weighted by Gasteiger charge is 1.78. The van der Waals surface area contributed by atoms with Crippen LogP contribution in [0.25, 0.3) is 0 Å². The smallest absolute Gasteiger partial charge is 0.136 e. The molecule has 0 radical (unpaired) electrons. The van der Waals surface area contributed by atoms with Crippen LogP contribution in [-0.2, 0) is 16.3 Å². The average molecular weight is 136 g/mol. The summed E-state index contributed by atoms with van der Waals surface area (Å²) in [5.41, 5.74) is 0. The Morgan fingerprint density at radius 2 is 2.43 bits per heavy atom. The molecule has 0 atom stereocenters. The van der Waals surface area contributed by atoms with Crippen LogP contribution in [-0.4, -0.2) is 6.61 Å². The van der Waals surface area contributed by atoms with Gasteiger partial charge in [0.1, 0.15) is 7.58 Å². The average Bonchev–Trinajstić information content (AvgIpc) is 1.69. The zero-order valence-electron chi connectivity index (χ0n) is 4.39. The van der Waals surface area contributed by atoms with Crippen molar-refractivity contribution in [2.24, 2.45) is 0 Å². The third-order valence-electron chi connectivity index (χ3n) is 0.642. The van der Waals surface area contributed by atoms with Crippen molar-refractivity contribution in [3.05, 3.63) is 0 Å². The van der Waals surface area contributed by atoms with Crippen LogP contribution in [0.15, 0.2) is 0 Å². The highest BCUT2D eigenvalue weighted by molar-refractivity contribution is 7.94. The minimum Gasteiger partial charge on any atom is -0.317 e. The molecule has 0 unspecified atom stereocenters. The van der Waals surface area contributed by atoms with E-state index in [-0.39, 0.29) is 0 Å². The molecule has 42 valence electrons. The topological polar surface area (TPSA) is 9.23 Å². The van der Waals surface area contributed by atoms with Crippen LogP contribution in [0.3, 0.4) is 0 Å². The summed E-state index contributed by atoms with van der Waals surface area (Å²) in [6.45, 7) is 2.95. The van der Waals surface area contributed by atoms with Crippen molar-refractivity contribution in [2.45, 2.75) is 19.8 Å². The molecule has 0 aromatic carbocycles. The highest BCUT2D eigenvalue weighted by atomic mass is 32.4. The fraction of sp³-hybridized carbons (Fsp3) is 1.00. The van der Waals surface area contributed by atoms with Crippen LogP contribution < -0.4 is 0 Å². The third kappa shape index (κ3) is 6.48. The summed E-state index contributed by atoms with van der Waals surface area (Å²) >= 11 is 4.52. The van der Waals surface area contributed by atoms with Gasteiger partial charge in [-0.2, -0.15) is 0 Å². The monoisotopic (exact) mass is 136 g/mol. The largest absolute Gasteiger partial charge is 0.317 e. The summed E-state index contributed by atoms with van der Waals surface area (Å²) in [7, 11) is 0.638. The first-order valence-electron chi connectivity index (χ1n) is 2.36. The number of rotatable bonds is 4. The Kier molecular flexibility index (Phi) is 6.92. The zero-order valence-corrected chi connectivity index (χ0v) is 6.10. The number of hydrogen-bond acceptors (Lipinski definition) is 2. The molecule has 0 saturated carbocycles. The van der Waals surface area contributed by atoms with Gasteiger partial charge in [0.15, 0.2) is 0 Å². The minimum atomic E-state index is 0.638. The summed E-state index contributed by atoms with van der Waals surface area (Å²) in [6.07, 6.45) is 2.31. The second kappa shape index (κ2) is 6.48. The van der Waals surface area contributed by atoms with Crippen molar-refractivity contribution in [3.63, 3.8) is 0 Å². The summed E-state index contributed by atoms with van der Waals surface area (Å²) in [5.74, 6) is 0. The van der Waals surface area contributed by atoms with Gasteiger partial charge in [0.05, 0.1) is 6.61 Å². The molecule has 0 aliphatic rings. The molecule has 0 bridgehead atoms. The molecule has 0 rings (SSSR count). The standard InChI is InChI=1S/C4H9OPS/c1-2-3-4-5-6-7/h2-4H2,1H3. The molecular weight excluding hydrogens is 127 g/mol. The van der Waals surface area contributed by atoms with Gasteiger partial charge in [-0.3, -0.25) is 0 Å². The molecule has 7 heavy (non-hydrogen) atoms. The van der Waals surface area contributed by atoms with Crippen LogP contribution in [0, 0.1) is 0 Å². The van der Waals surface area contributed by atoms with Crippen molar-refractivity contribution in [2.75, 3.05) is 6.61 Å². The Morgan fingerprint density at radius 3 is 2.86 bits per heavy atom. The zero-order chi connectivity index (χ0) is 5.54.